The number of anilines is 1. The zero-order chi connectivity index (χ0) is 32.2. The standard InChI is InChI=1S/C42H26N4O2/c47-41-31-18-12-24-37(40(31)42(48)46(41)34-21-5-4-15-28(34)27-13-2-1-3-14-27)45-35-22-10-16-29(32-19-6-8-25-43-32)38(35)39-30(17-11-23-36(39)45)33-20-7-9-26-44-33/h1-26H. The number of carbonyl (C=O) groups is 2. The molecule has 9 rings (SSSR count). The van der Waals surface area contributed by atoms with Crippen LogP contribution in [0.15, 0.2) is 158 Å². The van der Waals surface area contributed by atoms with Crippen molar-refractivity contribution in [2.24, 2.45) is 0 Å². The second-order valence-electron chi connectivity index (χ2n) is 11.7. The summed E-state index contributed by atoms with van der Waals surface area (Å²) >= 11 is 0. The van der Waals surface area contributed by atoms with E-state index in [9.17, 15) is 9.59 Å². The first-order valence-corrected chi connectivity index (χ1v) is 15.8. The summed E-state index contributed by atoms with van der Waals surface area (Å²) in [6.07, 6.45) is 3.59. The first kappa shape index (κ1) is 27.6. The second kappa shape index (κ2) is 11.0. The van der Waals surface area contributed by atoms with Crippen LogP contribution in [-0.4, -0.2) is 26.3 Å². The van der Waals surface area contributed by atoms with Gasteiger partial charge in [-0.05, 0) is 60.2 Å². The van der Waals surface area contributed by atoms with Crippen LogP contribution in [0.5, 0.6) is 0 Å². The van der Waals surface area contributed by atoms with E-state index in [1.807, 2.05) is 115 Å². The Balaban J connectivity index is 1.32. The van der Waals surface area contributed by atoms with Gasteiger partial charge in [-0.2, -0.15) is 0 Å². The smallest absolute Gasteiger partial charge is 0.268 e. The van der Waals surface area contributed by atoms with Crippen LogP contribution in [0.25, 0.3) is 61.1 Å². The lowest BCUT2D eigenvalue weighted by Crippen LogP contribution is -2.30. The van der Waals surface area contributed by atoms with E-state index in [1.165, 1.54) is 4.90 Å². The Kier molecular flexibility index (Phi) is 6.33. The number of carbonyl (C=O) groups excluding carboxylic acids is 2. The van der Waals surface area contributed by atoms with Crippen molar-refractivity contribution >= 4 is 39.3 Å². The summed E-state index contributed by atoms with van der Waals surface area (Å²) in [6.45, 7) is 0. The van der Waals surface area contributed by atoms with Crippen LogP contribution in [-0.2, 0) is 0 Å². The molecule has 0 fully saturated rings. The maximum absolute atomic E-state index is 14.6. The van der Waals surface area contributed by atoms with Crippen molar-refractivity contribution in [1.82, 2.24) is 14.5 Å². The van der Waals surface area contributed by atoms with E-state index in [2.05, 4.69) is 28.8 Å². The highest BCUT2D eigenvalue weighted by atomic mass is 16.2. The summed E-state index contributed by atoms with van der Waals surface area (Å²) < 4.78 is 2.11. The molecule has 0 saturated carbocycles. The molecule has 2 amide bonds. The molecule has 5 aromatic carbocycles. The second-order valence-corrected chi connectivity index (χ2v) is 11.7. The van der Waals surface area contributed by atoms with Crippen LogP contribution >= 0.6 is 0 Å². The minimum atomic E-state index is -0.356. The third kappa shape index (κ3) is 4.13. The predicted molar refractivity (Wildman–Crippen MR) is 190 cm³/mol. The van der Waals surface area contributed by atoms with Gasteiger partial charge in [-0.3, -0.25) is 19.6 Å². The quantitative estimate of drug-likeness (QED) is 0.180. The van der Waals surface area contributed by atoms with Gasteiger partial charge in [0.2, 0.25) is 0 Å². The Morgan fingerprint density at radius 2 is 0.938 bits per heavy atom. The molecule has 0 atom stereocenters. The van der Waals surface area contributed by atoms with Crippen molar-refractivity contribution in [2.45, 2.75) is 0 Å². The van der Waals surface area contributed by atoms with Gasteiger partial charge in [0.1, 0.15) is 0 Å². The van der Waals surface area contributed by atoms with Gasteiger partial charge in [0.25, 0.3) is 11.8 Å². The number of aromatic nitrogens is 3. The third-order valence-electron chi connectivity index (χ3n) is 9.06. The molecule has 6 heteroatoms. The normalized spacial score (nSPS) is 12.6. The molecule has 0 saturated heterocycles. The van der Waals surface area contributed by atoms with Gasteiger partial charge >= 0.3 is 0 Å². The maximum atomic E-state index is 14.6. The average molecular weight is 619 g/mol. The molecule has 0 spiro atoms. The monoisotopic (exact) mass is 618 g/mol. The number of fused-ring (bicyclic) bond motifs is 4. The van der Waals surface area contributed by atoms with Crippen LogP contribution in [0.2, 0.25) is 0 Å². The van der Waals surface area contributed by atoms with Crippen LogP contribution in [0.4, 0.5) is 5.69 Å². The van der Waals surface area contributed by atoms with Crippen molar-refractivity contribution in [3.05, 3.63) is 169 Å². The number of pyridine rings is 2. The first-order valence-electron chi connectivity index (χ1n) is 15.8. The molecule has 6 nitrogen and oxygen atoms in total. The SMILES string of the molecule is O=C1c2cccc(-n3c4cccc(-c5ccccn5)c4c4c(-c5ccccn5)cccc43)c2C(=O)N1c1ccccc1-c1ccccc1. The van der Waals surface area contributed by atoms with Crippen molar-refractivity contribution in [3.63, 3.8) is 0 Å². The number of imide groups is 1. The van der Waals surface area contributed by atoms with Gasteiger partial charge in [-0.15, -0.1) is 0 Å². The molecule has 3 aromatic heterocycles. The molecule has 0 aliphatic carbocycles. The molecule has 226 valence electrons. The number of benzene rings is 5. The zero-order valence-corrected chi connectivity index (χ0v) is 25.6. The van der Waals surface area contributed by atoms with E-state index in [1.54, 1.807) is 18.5 Å². The van der Waals surface area contributed by atoms with Gasteiger partial charge in [-0.1, -0.05) is 91.0 Å². The fraction of sp³-hybridized carbons (Fsp3) is 0. The molecular weight excluding hydrogens is 592 g/mol. The lowest BCUT2D eigenvalue weighted by Gasteiger charge is -2.18. The summed E-state index contributed by atoms with van der Waals surface area (Å²) in [5.74, 6) is -0.699. The molecule has 8 aromatic rings. The fourth-order valence-corrected chi connectivity index (χ4v) is 7.04. The molecule has 48 heavy (non-hydrogen) atoms. The van der Waals surface area contributed by atoms with Crippen LogP contribution in [0, 0.1) is 0 Å². The Morgan fingerprint density at radius 3 is 1.56 bits per heavy atom. The highest BCUT2D eigenvalue weighted by molar-refractivity contribution is 6.36. The van der Waals surface area contributed by atoms with Gasteiger partial charge in [0.05, 0.1) is 44.9 Å². The first-order chi connectivity index (χ1) is 23.7. The van der Waals surface area contributed by atoms with E-state index in [0.29, 0.717) is 22.5 Å². The molecule has 0 unspecified atom stereocenters. The number of hydrogen-bond acceptors (Lipinski definition) is 4. The maximum Gasteiger partial charge on any atom is 0.268 e. The van der Waals surface area contributed by atoms with Crippen molar-refractivity contribution < 1.29 is 9.59 Å². The molecule has 0 bridgehead atoms. The van der Waals surface area contributed by atoms with Crippen LogP contribution < -0.4 is 4.90 Å². The van der Waals surface area contributed by atoms with E-state index < -0.39 is 0 Å². The summed E-state index contributed by atoms with van der Waals surface area (Å²) in [6, 6.07) is 47.0. The van der Waals surface area contributed by atoms with Crippen LogP contribution in [0.1, 0.15) is 20.7 Å². The summed E-state index contributed by atoms with van der Waals surface area (Å²) in [5.41, 5.74) is 9.08. The number of para-hydroxylation sites is 1. The minimum absolute atomic E-state index is 0.343. The fourth-order valence-electron chi connectivity index (χ4n) is 7.04. The Hall–Kier alpha value is -6.66. The van der Waals surface area contributed by atoms with E-state index in [0.717, 1.165) is 55.4 Å². The van der Waals surface area contributed by atoms with E-state index >= 15 is 0 Å². The lowest BCUT2D eigenvalue weighted by atomic mass is 9.98. The Labute approximate surface area is 276 Å². The number of nitrogens with zero attached hydrogens (tertiary/aromatic N) is 4. The van der Waals surface area contributed by atoms with Gasteiger partial charge in [0.15, 0.2) is 0 Å². The Bertz CT molecular complexity index is 2440. The molecule has 0 radical (unpaired) electrons. The van der Waals surface area contributed by atoms with Crippen LogP contribution in [0.3, 0.4) is 0 Å². The van der Waals surface area contributed by atoms with Crippen molar-refractivity contribution in [1.29, 1.82) is 0 Å². The average Bonchev–Trinajstić information content (AvgIpc) is 3.63. The zero-order valence-electron chi connectivity index (χ0n) is 25.6. The van der Waals surface area contributed by atoms with E-state index in [4.69, 9.17) is 9.97 Å². The summed E-state index contributed by atoms with van der Waals surface area (Å²) in [4.78, 5) is 39.6. The third-order valence-corrected chi connectivity index (χ3v) is 9.06. The predicted octanol–water partition coefficient (Wildman–Crippen LogP) is 9.38. The van der Waals surface area contributed by atoms with E-state index in [-0.39, 0.29) is 11.8 Å². The topological polar surface area (TPSA) is 68.1 Å². The minimum Gasteiger partial charge on any atom is -0.308 e. The number of amides is 2. The number of hydrogen-bond donors (Lipinski definition) is 0. The highest BCUT2D eigenvalue weighted by Crippen LogP contribution is 2.44. The van der Waals surface area contributed by atoms with Gasteiger partial charge in [-0.25, -0.2) is 4.90 Å². The highest BCUT2D eigenvalue weighted by Gasteiger charge is 2.40. The largest absolute Gasteiger partial charge is 0.308 e. The van der Waals surface area contributed by atoms with Crippen molar-refractivity contribution in [3.8, 4) is 39.3 Å². The lowest BCUT2D eigenvalue weighted by molar-refractivity contribution is 0.0926. The molecular formula is C42H26N4O2. The van der Waals surface area contributed by atoms with Gasteiger partial charge < -0.3 is 4.57 Å². The summed E-state index contributed by atoms with van der Waals surface area (Å²) in [5, 5.41) is 1.99. The van der Waals surface area contributed by atoms with Gasteiger partial charge in [0, 0.05) is 39.9 Å². The Morgan fingerprint density at radius 1 is 0.417 bits per heavy atom. The molecule has 1 aliphatic rings. The summed E-state index contributed by atoms with van der Waals surface area (Å²) in [7, 11) is 0. The number of rotatable bonds is 5. The van der Waals surface area contributed by atoms with Crippen molar-refractivity contribution in [2.75, 3.05) is 4.90 Å². The molecule has 4 heterocycles. The molecule has 0 N–H and O–H groups in total. The molecule has 1 aliphatic heterocycles.